The quantitative estimate of drug-likeness (QED) is 0.538. The molecule has 0 aliphatic carbocycles. The van der Waals surface area contributed by atoms with E-state index in [1.54, 1.807) is 4.90 Å². The van der Waals surface area contributed by atoms with Crippen molar-refractivity contribution in [2.24, 2.45) is 0 Å². The van der Waals surface area contributed by atoms with Gasteiger partial charge in [-0.15, -0.1) is 0 Å². The van der Waals surface area contributed by atoms with E-state index in [0.717, 1.165) is 41.7 Å². The molecule has 30 heavy (non-hydrogen) atoms. The van der Waals surface area contributed by atoms with Gasteiger partial charge in [-0.3, -0.25) is 14.5 Å². The third-order valence-corrected chi connectivity index (χ3v) is 5.68. The fraction of sp³-hybridized carbons (Fsp3) is 0.292. The van der Waals surface area contributed by atoms with Gasteiger partial charge in [0.15, 0.2) is 0 Å². The second-order valence-corrected chi connectivity index (χ2v) is 7.73. The summed E-state index contributed by atoms with van der Waals surface area (Å²) in [6.07, 6.45) is 0.822. The molecule has 3 aromatic rings. The van der Waals surface area contributed by atoms with E-state index in [4.69, 9.17) is 5.26 Å². The van der Waals surface area contributed by atoms with E-state index < -0.39 is 11.7 Å². The Hall–Kier alpha value is -3.43. The van der Waals surface area contributed by atoms with Gasteiger partial charge in [-0.05, 0) is 37.1 Å². The number of fused-ring (bicyclic) bond motifs is 1. The van der Waals surface area contributed by atoms with E-state index in [-0.39, 0.29) is 0 Å². The minimum Gasteiger partial charge on any atom is -0.358 e. The maximum atomic E-state index is 13.0. The number of hydrogen-bond donors (Lipinski definition) is 1. The van der Waals surface area contributed by atoms with Crippen molar-refractivity contribution in [3.8, 4) is 6.07 Å². The molecule has 1 aliphatic heterocycles. The number of para-hydroxylation sites is 1. The molecule has 0 bridgehead atoms. The van der Waals surface area contributed by atoms with Gasteiger partial charge in [0.2, 0.25) is 0 Å². The van der Waals surface area contributed by atoms with Crippen molar-refractivity contribution in [3.05, 3.63) is 70.9 Å². The largest absolute Gasteiger partial charge is 0.358 e. The van der Waals surface area contributed by atoms with Crippen molar-refractivity contribution in [1.29, 1.82) is 5.26 Å². The summed E-state index contributed by atoms with van der Waals surface area (Å²) >= 11 is 0. The smallest absolute Gasteiger partial charge is 0.295 e. The van der Waals surface area contributed by atoms with Crippen LogP contribution in [0.1, 0.15) is 33.6 Å². The molecule has 6 nitrogen and oxygen atoms in total. The van der Waals surface area contributed by atoms with Gasteiger partial charge in [0.05, 0.1) is 17.2 Å². The standard InChI is InChI=1S/C24H24N4O2/c1-17-22(20-5-2-3-6-21(20)26-17)23(29)24(30)28-12-4-11-27(13-14-28)16-19-9-7-18(15-25)8-10-19/h2-3,5-10,26H,4,11-14,16H2,1H3. The summed E-state index contributed by atoms with van der Waals surface area (Å²) < 4.78 is 0. The van der Waals surface area contributed by atoms with Crippen LogP contribution in [0.3, 0.4) is 0 Å². The monoisotopic (exact) mass is 400 g/mol. The van der Waals surface area contributed by atoms with Crippen LogP contribution in [0.25, 0.3) is 10.9 Å². The maximum absolute atomic E-state index is 13.0. The molecule has 1 amide bonds. The summed E-state index contributed by atoms with van der Waals surface area (Å²) in [4.78, 5) is 33.2. The first kappa shape index (κ1) is 19.9. The van der Waals surface area contributed by atoms with Gasteiger partial charge in [0.1, 0.15) is 0 Å². The lowest BCUT2D eigenvalue weighted by atomic mass is 10.1. The van der Waals surface area contributed by atoms with E-state index >= 15 is 0 Å². The second-order valence-electron chi connectivity index (χ2n) is 7.73. The second kappa shape index (κ2) is 8.52. The van der Waals surface area contributed by atoms with Crippen LogP contribution in [-0.2, 0) is 11.3 Å². The highest BCUT2D eigenvalue weighted by Gasteiger charge is 2.28. The number of carbonyl (C=O) groups is 2. The normalized spacial score (nSPS) is 15.0. The number of Topliss-reactive ketones (excluding diaryl/α,β-unsaturated/α-hetero) is 1. The number of aryl methyl sites for hydroxylation is 1. The summed E-state index contributed by atoms with van der Waals surface area (Å²) in [5.41, 5.74) is 3.87. The zero-order valence-corrected chi connectivity index (χ0v) is 17.0. The Morgan fingerprint density at radius 3 is 2.57 bits per heavy atom. The molecule has 1 saturated heterocycles. The molecule has 1 aromatic heterocycles. The number of nitrogens with zero attached hydrogens (tertiary/aromatic N) is 3. The van der Waals surface area contributed by atoms with Crippen molar-refractivity contribution < 1.29 is 9.59 Å². The third-order valence-electron chi connectivity index (χ3n) is 5.68. The van der Waals surface area contributed by atoms with Gasteiger partial charge in [0.25, 0.3) is 11.7 Å². The van der Waals surface area contributed by atoms with E-state index in [0.29, 0.717) is 30.8 Å². The Labute approximate surface area is 175 Å². The Morgan fingerprint density at radius 1 is 1.03 bits per heavy atom. The number of nitriles is 1. The van der Waals surface area contributed by atoms with Crippen molar-refractivity contribution >= 4 is 22.6 Å². The average molecular weight is 400 g/mol. The number of H-pyrrole nitrogens is 1. The fourth-order valence-corrected chi connectivity index (χ4v) is 4.09. The molecule has 0 unspecified atom stereocenters. The van der Waals surface area contributed by atoms with Crippen LogP contribution in [0.4, 0.5) is 0 Å². The predicted molar refractivity (Wildman–Crippen MR) is 115 cm³/mol. The molecular formula is C24H24N4O2. The zero-order valence-electron chi connectivity index (χ0n) is 17.0. The molecule has 1 aliphatic rings. The van der Waals surface area contributed by atoms with Crippen LogP contribution in [0.5, 0.6) is 0 Å². The first-order chi connectivity index (χ1) is 14.6. The minimum atomic E-state index is -0.439. The molecular weight excluding hydrogens is 376 g/mol. The maximum Gasteiger partial charge on any atom is 0.295 e. The van der Waals surface area contributed by atoms with Gasteiger partial charge in [-0.25, -0.2) is 0 Å². The number of amides is 1. The van der Waals surface area contributed by atoms with Crippen LogP contribution in [0.2, 0.25) is 0 Å². The number of aromatic nitrogens is 1. The molecule has 152 valence electrons. The van der Waals surface area contributed by atoms with Crippen LogP contribution in [0.15, 0.2) is 48.5 Å². The van der Waals surface area contributed by atoms with Crippen LogP contribution in [-0.4, -0.2) is 52.7 Å². The molecule has 0 radical (unpaired) electrons. The third kappa shape index (κ3) is 3.98. The first-order valence-electron chi connectivity index (χ1n) is 10.2. The predicted octanol–water partition coefficient (Wildman–Crippen LogP) is 3.27. The highest BCUT2D eigenvalue weighted by molar-refractivity contribution is 6.45. The molecule has 1 N–H and O–H groups in total. The lowest BCUT2D eigenvalue weighted by Crippen LogP contribution is -2.39. The van der Waals surface area contributed by atoms with E-state index in [1.165, 1.54) is 0 Å². The average Bonchev–Trinajstić information content (AvgIpc) is 2.93. The summed E-state index contributed by atoms with van der Waals surface area (Å²) in [7, 11) is 0. The molecule has 4 rings (SSSR count). The molecule has 0 spiro atoms. The fourth-order valence-electron chi connectivity index (χ4n) is 4.09. The summed E-state index contributed by atoms with van der Waals surface area (Å²) in [6.45, 7) is 5.29. The first-order valence-corrected chi connectivity index (χ1v) is 10.2. The van der Waals surface area contributed by atoms with Gasteiger partial charge in [-0.1, -0.05) is 30.3 Å². The summed E-state index contributed by atoms with van der Waals surface area (Å²) in [5.74, 6) is -0.867. The number of ketones is 1. The van der Waals surface area contributed by atoms with Crippen LogP contribution in [0, 0.1) is 18.3 Å². The summed E-state index contributed by atoms with van der Waals surface area (Å²) in [5, 5.41) is 9.73. The number of rotatable bonds is 4. The van der Waals surface area contributed by atoms with Crippen molar-refractivity contribution in [2.45, 2.75) is 19.9 Å². The molecule has 2 heterocycles. The van der Waals surface area contributed by atoms with Crippen molar-refractivity contribution in [3.63, 3.8) is 0 Å². The van der Waals surface area contributed by atoms with E-state index in [2.05, 4.69) is 16.0 Å². The van der Waals surface area contributed by atoms with Gasteiger partial charge < -0.3 is 9.88 Å². The highest BCUT2D eigenvalue weighted by atomic mass is 16.2. The number of hydrogen-bond acceptors (Lipinski definition) is 4. The lowest BCUT2D eigenvalue weighted by Gasteiger charge is -2.21. The molecule has 6 heteroatoms. The van der Waals surface area contributed by atoms with Gasteiger partial charge in [0, 0.05) is 49.3 Å². The topological polar surface area (TPSA) is 80.2 Å². The van der Waals surface area contributed by atoms with E-state index in [9.17, 15) is 9.59 Å². The van der Waals surface area contributed by atoms with Crippen LogP contribution < -0.4 is 0 Å². The zero-order chi connectivity index (χ0) is 21.1. The summed E-state index contributed by atoms with van der Waals surface area (Å²) in [6, 6.07) is 17.3. The van der Waals surface area contributed by atoms with Gasteiger partial charge >= 0.3 is 0 Å². The van der Waals surface area contributed by atoms with Crippen molar-refractivity contribution in [2.75, 3.05) is 26.2 Å². The van der Waals surface area contributed by atoms with E-state index in [1.807, 2.05) is 55.5 Å². The number of carbonyl (C=O) groups excluding carboxylic acids is 2. The molecule has 2 aromatic carbocycles. The number of aromatic amines is 1. The minimum absolute atomic E-state index is 0.428. The SMILES string of the molecule is Cc1[nH]c2ccccc2c1C(=O)C(=O)N1CCCN(Cc2ccc(C#N)cc2)CC1. The Bertz CT molecular complexity index is 1120. The Morgan fingerprint density at radius 2 is 1.80 bits per heavy atom. The number of benzene rings is 2. The molecule has 1 fully saturated rings. The lowest BCUT2D eigenvalue weighted by molar-refractivity contribution is -0.126. The van der Waals surface area contributed by atoms with Crippen LogP contribution >= 0.6 is 0 Å². The van der Waals surface area contributed by atoms with Gasteiger partial charge in [-0.2, -0.15) is 5.26 Å². The Balaban J connectivity index is 1.43. The van der Waals surface area contributed by atoms with Crippen molar-refractivity contribution in [1.82, 2.24) is 14.8 Å². The Kier molecular flexibility index (Phi) is 5.64. The molecule has 0 saturated carbocycles. The molecule has 0 atom stereocenters. The highest BCUT2D eigenvalue weighted by Crippen LogP contribution is 2.23. The number of nitrogens with one attached hydrogen (secondary N) is 1.